The molecule has 0 saturated carbocycles. The smallest absolute Gasteiger partial charge is 0.215 e. The monoisotopic (exact) mass is 352 g/mol. The van der Waals surface area contributed by atoms with Gasteiger partial charge in [0.1, 0.15) is 11.4 Å². The van der Waals surface area contributed by atoms with Crippen LogP contribution >= 0.6 is 15.9 Å². The predicted octanol–water partition coefficient (Wildman–Crippen LogP) is 2.92. The number of carbonyl (C=O) groups excluding carboxylic acids is 1. The third-order valence-corrected chi connectivity index (χ3v) is 3.53. The van der Waals surface area contributed by atoms with Crippen molar-refractivity contribution in [2.75, 3.05) is 20.3 Å². The van der Waals surface area contributed by atoms with Gasteiger partial charge in [0.05, 0.1) is 36.0 Å². The number of aromatic nitrogens is 2. The molecule has 0 unspecified atom stereocenters. The van der Waals surface area contributed by atoms with Crippen molar-refractivity contribution >= 4 is 21.7 Å². The lowest BCUT2D eigenvalue weighted by molar-refractivity contribution is 0.102. The van der Waals surface area contributed by atoms with Crippen LogP contribution in [0.1, 0.15) is 23.0 Å². The highest BCUT2D eigenvalue weighted by atomic mass is 79.9. The minimum absolute atomic E-state index is 0.125. The number of rotatable bonds is 7. The van der Waals surface area contributed by atoms with Gasteiger partial charge in [0.25, 0.3) is 0 Å². The Bertz CT molecular complexity index is 625. The molecule has 1 aromatic heterocycles. The van der Waals surface area contributed by atoms with Crippen molar-refractivity contribution in [2.24, 2.45) is 0 Å². The van der Waals surface area contributed by atoms with Crippen LogP contribution in [-0.2, 0) is 11.3 Å². The SMILES string of the molecule is CCOc1ccccc1C(=O)c1c(Br)cnn1CCOC. The Morgan fingerprint density at radius 2 is 2.14 bits per heavy atom. The molecule has 0 saturated heterocycles. The summed E-state index contributed by atoms with van der Waals surface area (Å²) in [6.45, 7) is 3.40. The molecule has 2 aromatic rings. The van der Waals surface area contributed by atoms with Gasteiger partial charge in [-0.1, -0.05) is 12.1 Å². The fourth-order valence-electron chi connectivity index (χ4n) is 2.00. The van der Waals surface area contributed by atoms with E-state index in [1.807, 2.05) is 19.1 Å². The molecule has 112 valence electrons. The Morgan fingerprint density at radius 1 is 1.38 bits per heavy atom. The van der Waals surface area contributed by atoms with Crippen LogP contribution in [0.2, 0.25) is 0 Å². The molecular formula is C15H17BrN2O3. The summed E-state index contributed by atoms with van der Waals surface area (Å²) < 4.78 is 12.9. The summed E-state index contributed by atoms with van der Waals surface area (Å²) in [7, 11) is 1.62. The minimum Gasteiger partial charge on any atom is -0.493 e. The van der Waals surface area contributed by atoms with Gasteiger partial charge in [-0.2, -0.15) is 5.10 Å². The molecule has 0 fully saturated rings. The van der Waals surface area contributed by atoms with Crippen molar-refractivity contribution in [2.45, 2.75) is 13.5 Å². The second-order valence-corrected chi connectivity index (χ2v) is 5.17. The summed E-state index contributed by atoms with van der Waals surface area (Å²) in [5.41, 5.74) is 1.03. The van der Waals surface area contributed by atoms with Crippen LogP contribution in [0.4, 0.5) is 0 Å². The zero-order valence-electron chi connectivity index (χ0n) is 12.0. The number of ketones is 1. The second-order valence-electron chi connectivity index (χ2n) is 4.32. The van der Waals surface area contributed by atoms with Crippen LogP contribution in [-0.4, -0.2) is 35.9 Å². The first-order valence-electron chi connectivity index (χ1n) is 6.65. The van der Waals surface area contributed by atoms with Gasteiger partial charge in [-0.25, -0.2) is 0 Å². The van der Waals surface area contributed by atoms with E-state index in [0.29, 0.717) is 41.2 Å². The van der Waals surface area contributed by atoms with Crippen LogP contribution < -0.4 is 4.74 Å². The molecule has 0 aliphatic rings. The van der Waals surface area contributed by atoms with Crippen molar-refractivity contribution in [3.05, 3.63) is 46.2 Å². The van der Waals surface area contributed by atoms with E-state index in [9.17, 15) is 4.79 Å². The number of ether oxygens (including phenoxy) is 2. The van der Waals surface area contributed by atoms with Crippen LogP contribution in [0.5, 0.6) is 5.75 Å². The average Bonchev–Trinajstić information content (AvgIpc) is 2.86. The summed E-state index contributed by atoms with van der Waals surface area (Å²) in [6.07, 6.45) is 1.62. The van der Waals surface area contributed by atoms with E-state index < -0.39 is 0 Å². The maximum Gasteiger partial charge on any atom is 0.215 e. The first kappa shape index (κ1) is 15.7. The van der Waals surface area contributed by atoms with Crippen molar-refractivity contribution < 1.29 is 14.3 Å². The van der Waals surface area contributed by atoms with E-state index in [1.165, 1.54) is 0 Å². The maximum absolute atomic E-state index is 12.8. The summed E-state index contributed by atoms with van der Waals surface area (Å²) in [5, 5.41) is 4.20. The lowest BCUT2D eigenvalue weighted by Crippen LogP contribution is -2.15. The summed E-state index contributed by atoms with van der Waals surface area (Å²) >= 11 is 3.38. The molecule has 0 aliphatic heterocycles. The van der Waals surface area contributed by atoms with Crippen molar-refractivity contribution in [1.82, 2.24) is 9.78 Å². The molecule has 0 aliphatic carbocycles. The topological polar surface area (TPSA) is 53.3 Å². The zero-order valence-corrected chi connectivity index (χ0v) is 13.6. The number of methoxy groups -OCH3 is 1. The number of carbonyl (C=O) groups is 1. The average molecular weight is 353 g/mol. The molecule has 0 spiro atoms. The van der Waals surface area contributed by atoms with E-state index in [1.54, 1.807) is 30.1 Å². The molecule has 0 amide bonds. The number of nitrogens with zero attached hydrogens (tertiary/aromatic N) is 2. The number of halogens is 1. The first-order valence-corrected chi connectivity index (χ1v) is 7.45. The second kappa shape index (κ2) is 7.38. The molecule has 0 radical (unpaired) electrons. The molecule has 0 bridgehead atoms. The van der Waals surface area contributed by atoms with E-state index in [2.05, 4.69) is 21.0 Å². The number of benzene rings is 1. The molecule has 21 heavy (non-hydrogen) atoms. The minimum atomic E-state index is -0.125. The molecule has 6 heteroatoms. The summed E-state index contributed by atoms with van der Waals surface area (Å²) in [4.78, 5) is 12.8. The maximum atomic E-state index is 12.8. The van der Waals surface area contributed by atoms with Crippen LogP contribution in [0.3, 0.4) is 0 Å². The normalized spacial score (nSPS) is 10.6. The van der Waals surface area contributed by atoms with Crippen LogP contribution in [0, 0.1) is 0 Å². The van der Waals surface area contributed by atoms with E-state index in [4.69, 9.17) is 9.47 Å². The molecule has 0 N–H and O–H groups in total. The van der Waals surface area contributed by atoms with Gasteiger partial charge >= 0.3 is 0 Å². The quantitative estimate of drug-likeness (QED) is 0.719. The van der Waals surface area contributed by atoms with Gasteiger partial charge in [-0.3, -0.25) is 9.48 Å². The summed E-state index contributed by atoms with van der Waals surface area (Å²) in [5.74, 6) is 0.455. The van der Waals surface area contributed by atoms with Crippen molar-refractivity contribution in [1.29, 1.82) is 0 Å². The predicted molar refractivity (Wildman–Crippen MR) is 82.8 cm³/mol. The first-order chi connectivity index (χ1) is 10.2. The van der Waals surface area contributed by atoms with Crippen molar-refractivity contribution in [3.8, 4) is 5.75 Å². The Labute approximate surface area is 132 Å². The van der Waals surface area contributed by atoms with Crippen molar-refractivity contribution in [3.63, 3.8) is 0 Å². The number of hydrogen-bond acceptors (Lipinski definition) is 4. The fraction of sp³-hybridized carbons (Fsp3) is 0.333. The number of para-hydroxylation sites is 1. The Hall–Kier alpha value is -1.66. The van der Waals surface area contributed by atoms with Gasteiger partial charge in [0.15, 0.2) is 0 Å². The summed E-state index contributed by atoms with van der Waals surface area (Å²) in [6, 6.07) is 7.21. The lowest BCUT2D eigenvalue weighted by Gasteiger charge is -2.11. The van der Waals surface area contributed by atoms with Crippen LogP contribution in [0.25, 0.3) is 0 Å². The molecule has 1 heterocycles. The van der Waals surface area contributed by atoms with Crippen LogP contribution in [0.15, 0.2) is 34.9 Å². The molecule has 5 nitrogen and oxygen atoms in total. The third-order valence-electron chi connectivity index (χ3n) is 2.95. The molecular weight excluding hydrogens is 336 g/mol. The van der Waals surface area contributed by atoms with Gasteiger partial charge in [0, 0.05) is 7.11 Å². The fourth-order valence-corrected chi connectivity index (χ4v) is 2.47. The zero-order chi connectivity index (χ0) is 15.2. The largest absolute Gasteiger partial charge is 0.493 e. The standard InChI is InChI=1S/C15H17BrN2O3/c1-3-21-13-7-5-4-6-11(13)15(19)14-12(16)10-17-18(14)8-9-20-2/h4-7,10H,3,8-9H2,1-2H3. The highest BCUT2D eigenvalue weighted by Crippen LogP contribution is 2.25. The van der Waals surface area contributed by atoms with Gasteiger partial charge in [0.2, 0.25) is 5.78 Å². The van der Waals surface area contributed by atoms with E-state index in [-0.39, 0.29) is 5.78 Å². The van der Waals surface area contributed by atoms with Gasteiger partial charge in [-0.15, -0.1) is 0 Å². The highest BCUT2D eigenvalue weighted by Gasteiger charge is 2.21. The Kier molecular flexibility index (Phi) is 5.52. The molecule has 1 aromatic carbocycles. The Morgan fingerprint density at radius 3 is 2.86 bits per heavy atom. The molecule has 2 rings (SSSR count). The van der Waals surface area contributed by atoms with E-state index >= 15 is 0 Å². The lowest BCUT2D eigenvalue weighted by atomic mass is 10.1. The number of hydrogen-bond donors (Lipinski definition) is 0. The third kappa shape index (κ3) is 3.51. The molecule has 0 atom stereocenters. The van der Waals surface area contributed by atoms with E-state index in [0.717, 1.165) is 0 Å². The van der Waals surface area contributed by atoms with Gasteiger partial charge < -0.3 is 9.47 Å². The highest BCUT2D eigenvalue weighted by molar-refractivity contribution is 9.10. The Balaban J connectivity index is 2.38. The van der Waals surface area contributed by atoms with Gasteiger partial charge in [-0.05, 0) is 35.0 Å².